The van der Waals surface area contributed by atoms with Gasteiger partial charge in [0, 0.05) is 24.9 Å². The van der Waals surface area contributed by atoms with Gasteiger partial charge in [-0.05, 0) is 55.1 Å². The van der Waals surface area contributed by atoms with Crippen molar-refractivity contribution in [3.8, 4) is 0 Å². The Balaban J connectivity index is 1.94. The van der Waals surface area contributed by atoms with E-state index in [0.29, 0.717) is 6.04 Å². The highest BCUT2D eigenvalue weighted by molar-refractivity contribution is 9.11. The third kappa shape index (κ3) is 3.11. The second-order valence-corrected chi connectivity index (χ2v) is 8.31. The van der Waals surface area contributed by atoms with Gasteiger partial charge in [-0.15, -0.1) is 0 Å². The zero-order chi connectivity index (χ0) is 14.1. The van der Waals surface area contributed by atoms with Gasteiger partial charge in [-0.1, -0.05) is 40.2 Å². The number of halogens is 3. The molecule has 5 heteroatoms. The summed E-state index contributed by atoms with van der Waals surface area (Å²) >= 11 is 12.8. The van der Waals surface area contributed by atoms with Crippen LogP contribution < -0.4 is 5.32 Å². The SMILES string of the molecule is Brc1cc(Br)c(NC2CSCc3ccccc32)c(Br)c1. The summed E-state index contributed by atoms with van der Waals surface area (Å²) in [4.78, 5) is 0. The molecular formula is C15H12Br3NS. The molecule has 1 nitrogen and oxygen atoms in total. The molecule has 1 unspecified atom stereocenters. The maximum Gasteiger partial charge on any atom is 0.0634 e. The smallest absolute Gasteiger partial charge is 0.0634 e. The predicted molar refractivity (Wildman–Crippen MR) is 98.5 cm³/mol. The van der Waals surface area contributed by atoms with Crippen LogP contribution in [0.2, 0.25) is 0 Å². The van der Waals surface area contributed by atoms with E-state index in [1.807, 2.05) is 11.8 Å². The first kappa shape index (κ1) is 14.9. The van der Waals surface area contributed by atoms with Crippen LogP contribution in [-0.2, 0) is 5.75 Å². The number of fused-ring (bicyclic) bond motifs is 1. The highest BCUT2D eigenvalue weighted by atomic mass is 79.9. The van der Waals surface area contributed by atoms with Gasteiger partial charge in [0.15, 0.2) is 0 Å². The fraction of sp³-hybridized carbons (Fsp3) is 0.200. The van der Waals surface area contributed by atoms with Crippen LogP contribution in [0.25, 0.3) is 0 Å². The summed E-state index contributed by atoms with van der Waals surface area (Å²) in [6.45, 7) is 0. The van der Waals surface area contributed by atoms with Crippen LogP contribution in [0.3, 0.4) is 0 Å². The quantitative estimate of drug-likeness (QED) is 0.539. The molecule has 1 aliphatic heterocycles. The van der Waals surface area contributed by atoms with Gasteiger partial charge in [0.25, 0.3) is 0 Å². The topological polar surface area (TPSA) is 12.0 Å². The Hall–Kier alpha value is 0.0300. The largest absolute Gasteiger partial charge is 0.376 e. The zero-order valence-corrected chi connectivity index (χ0v) is 16.1. The van der Waals surface area contributed by atoms with Crippen molar-refractivity contribution >= 4 is 65.2 Å². The molecule has 20 heavy (non-hydrogen) atoms. The standard InChI is InChI=1S/C15H12Br3NS/c16-10-5-12(17)15(13(18)6-10)19-14-8-20-7-9-3-1-2-4-11(9)14/h1-6,14,19H,7-8H2. The van der Waals surface area contributed by atoms with Gasteiger partial charge in [0.1, 0.15) is 0 Å². The molecule has 0 aliphatic carbocycles. The van der Waals surface area contributed by atoms with Gasteiger partial charge in [-0.3, -0.25) is 0 Å². The van der Waals surface area contributed by atoms with E-state index < -0.39 is 0 Å². The minimum atomic E-state index is 0.346. The van der Waals surface area contributed by atoms with Crippen molar-refractivity contribution in [2.75, 3.05) is 11.1 Å². The van der Waals surface area contributed by atoms with Gasteiger partial charge in [-0.2, -0.15) is 11.8 Å². The third-order valence-electron chi connectivity index (χ3n) is 3.30. The van der Waals surface area contributed by atoms with E-state index in [9.17, 15) is 0 Å². The normalized spacial score (nSPS) is 17.6. The van der Waals surface area contributed by atoms with Crippen LogP contribution in [0.1, 0.15) is 17.2 Å². The summed E-state index contributed by atoms with van der Waals surface area (Å²) < 4.78 is 3.18. The Morgan fingerprint density at radius 2 is 1.75 bits per heavy atom. The summed E-state index contributed by atoms with van der Waals surface area (Å²) in [5.74, 6) is 2.20. The molecule has 0 aromatic heterocycles. The fourth-order valence-corrected chi connectivity index (χ4v) is 5.94. The summed E-state index contributed by atoms with van der Waals surface area (Å²) in [5.41, 5.74) is 3.95. The minimum Gasteiger partial charge on any atom is -0.376 e. The zero-order valence-electron chi connectivity index (χ0n) is 10.5. The van der Waals surface area contributed by atoms with Crippen molar-refractivity contribution < 1.29 is 0 Å². The molecule has 0 saturated heterocycles. The monoisotopic (exact) mass is 475 g/mol. The Labute approximate surface area is 148 Å². The van der Waals surface area contributed by atoms with Crippen LogP contribution >= 0.6 is 59.6 Å². The predicted octanol–water partition coefficient (Wildman–Crippen LogP) is 6.37. The molecular weight excluding hydrogens is 466 g/mol. The van der Waals surface area contributed by atoms with Crippen molar-refractivity contribution in [2.24, 2.45) is 0 Å². The van der Waals surface area contributed by atoms with Crippen LogP contribution in [0.15, 0.2) is 49.8 Å². The Morgan fingerprint density at radius 1 is 1.05 bits per heavy atom. The van der Waals surface area contributed by atoms with Crippen molar-refractivity contribution in [1.82, 2.24) is 0 Å². The van der Waals surface area contributed by atoms with Gasteiger partial charge in [0.05, 0.1) is 11.7 Å². The molecule has 2 aromatic rings. The molecule has 1 atom stereocenters. The number of hydrogen-bond acceptors (Lipinski definition) is 2. The van der Waals surface area contributed by atoms with E-state index >= 15 is 0 Å². The van der Waals surface area contributed by atoms with Crippen molar-refractivity contribution in [3.05, 3.63) is 60.9 Å². The number of benzene rings is 2. The number of rotatable bonds is 2. The maximum atomic E-state index is 3.67. The Morgan fingerprint density at radius 3 is 2.50 bits per heavy atom. The lowest BCUT2D eigenvalue weighted by Gasteiger charge is -2.28. The second kappa shape index (κ2) is 6.42. The lowest BCUT2D eigenvalue weighted by Crippen LogP contribution is -2.19. The molecule has 0 amide bonds. The molecule has 0 fully saturated rings. The molecule has 1 N–H and O–H groups in total. The lowest BCUT2D eigenvalue weighted by molar-refractivity contribution is 0.869. The molecule has 1 heterocycles. The van der Waals surface area contributed by atoms with Crippen LogP contribution in [-0.4, -0.2) is 5.75 Å². The molecule has 1 aliphatic rings. The van der Waals surface area contributed by atoms with Crippen molar-refractivity contribution in [3.63, 3.8) is 0 Å². The second-order valence-electron chi connectivity index (χ2n) is 4.66. The lowest BCUT2D eigenvalue weighted by atomic mass is 10.0. The molecule has 0 radical (unpaired) electrons. The first-order chi connectivity index (χ1) is 9.65. The van der Waals surface area contributed by atoms with Crippen molar-refractivity contribution in [2.45, 2.75) is 11.8 Å². The molecule has 2 aromatic carbocycles. The summed E-state index contributed by atoms with van der Waals surface area (Å²) in [7, 11) is 0. The minimum absolute atomic E-state index is 0.346. The summed E-state index contributed by atoms with van der Waals surface area (Å²) in [6, 6.07) is 13.2. The number of hydrogen-bond donors (Lipinski definition) is 1. The molecule has 104 valence electrons. The van der Waals surface area contributed by atoms with Crippen LogP contribution in [0, 0.1) is 0 Å². The van der Waals surface area contributed by atoms with E-state index in [-0.39, 0.29) is 0 Å². The fourth-order valence-electron chi connectivity index (χ4n) is 2.36. The first-order valence-electron chi connectivity index (χ1n) is 6.22. The number of nitrogens with one attached hydrogen (secondary N) is 1. The van der Waals surface area contributed by atoms with Gasteiger partial charge in [0.2, 0.25) is 0 Å². The van der Waals surface area contributed by atoms with Crippen LogP contribution in [0.5, 0.6) is 0 Å². The van der Waals surface area contributed by atoms with E-state index in [1.165, 1.54) is 11.1 Å². The number of thioether (sulfide) groups is 1. The average Bonchev–Trinajstić information content (AvgIpc) is 2.43. The molecule has 0 spiro atoms. The van der Waals surface area contributed by atoms with E-state index in [0.717, 1.165) is 30.6 Å². The summed E-state index contributed by atoms with van der Waals surface area (Å²) in [5, 5.41) is 3.67. The molecule has 0 saturated carbocycles. The third-order valence-corrected chi connectivity index (χ3v) is 6.09. The molecule has 0 bridgehead atoms. The average molecular weight is 478 g/mol. The van der Waals surface area contributed by atoms with Gasteiger partial charge < -0.3 is 5.32 Å². The van der Waals surface area contributed by atoms with Crippen LogP contribution in [0.4, 0.5) is 5.69 Å². The Kier molecular flexibility index (Phi) is 4.80. The van der Waals surface area contributed by atoms with E-state index in [1.54, 1.807) is 0 Å². The molecule has 3 rings (SSSR count). The van der Waals surface area contributed by atoms with E-state index in [2.05, 4.69) is 89.5 Å². The highest BCUT2D eigenvalue weighted by Gasteiger charge is 2.21. The Bertz CT molecular complexity index is 622. The van der Waals surface area contributed by atoms with E-state index in [4.69, 9.17) is 0 Å². The highest BCUT2D eigenvalue weighted by Crippen LogP contribution is 2.39. The first-order valence-corrected chi connectivity index (χ1v) is 9.75. The van der Waals surface area contributed by atoms with Crippen molar-refractivity contribution in [1.29, 1.82) is 0 Å². The number of anilines is 1. The summed E-state index contributed by atoms with van der Waals surface area (Å²) in [6.07, 6.45) is 0. The van der Waals surface area contributed by atoms with Gasteiger partial charge in [-0.25, -0.2) is 0 Å². The van der Waals surface area contributed by atoms with Gasteiger partial charge >= 0.3 is 0 Å². The maximum absolute atomic E-state index is 3.67.